The van der Waals surface area contributed by atoms with Crippen molar-refractivity contribution in [3.05, 3.63) is 35.4 Å². The van der Waals surface area contributed by atoms with Gasteiger partial charge in [-0.25, -0.2) is 0 Å². The summed E-state index contributed by atoms with van der Waals surface area (Å²) in [5.74, 6) is -0.771. The maximum Gasteiger partial charge on any atom is 0.307 e. The van der Waals surface area contributed by atoms with Crippen LogP contribution < -0.4 is 5.32 Å². The molecule has 1 aliphatic heterocycles. The minimum atomic E-state index is -0.799. The zero-order valence-electron chi connectivity index (χ0n) is 12.3. The molecule has 1 fully saturated rings. The first kappa shape index (κ1) is 15.5. The van der Waals surface area contributed by atoms with E-state index in [0.717, 1.165) is 43.6 Å². The van der Waals surface area contributed by atoms with Gasteiger partial charge in [-0.1, -0.05) is 24.3 Å². The standard InChI is InChI=1S/C16H22N2O3/c1-12(19)17-15-6-8-18(9-7-15)11-14-5-3-2-4-13(14)10-16(20)21/h2-5,15H,6-11H2,1H3,(H,17,19)(H,20,21). The summed E-state index contributed by atoms with van der Waals surface area (Å²) in [6.07, 6.45) is 1.96. The smallest absolute Gasteiger partial charge is 0.307 e. The van der Waals surface area contributed by atoms with Crippen LogP contribution in [0.3, 0.4) is 0 Å². The Morgan fingerprint density at radius 1 is 1.24 bits per heavy atom. The third kappa shape index (κ3) is 4.86. The molecule has 0 spiro atoms. The molecule has 1 aromatic carbocycles. The van der Waals surface area contributed by atoms with Gasteiger partial charge in [0.05, 0.1) is 6.42 Å². The second-order valence-electron chi connectivity index (χ2n) is 5.59. The molecule has 0 saturated carbocycles. The molecule has 1 heterocycles. The Hall–Kier alpha value is -1.88. The molecule has 1 aromatic rings. The molecule has 114 valence electrons. The molecule has 2 rings (SSSR count). The molecule has 2 N–H and O–H groups in total. The lowest BCUT2D eigenvalue weighted by Crippen LogP contribution is -2.43. The number of amides is 1. The highest BCUT2D eigenvalue weighted by Gasteiger charge is 2.20. The van der Waals surface area contributed by atoms with Crippen LogP contribution in [0.15, 0.2) is 24.3 Å². The number of carbonyl (C=O) groups excluding carboxylic acids is 1. The Morgan fingerprint density at radius 2 is 1.86 bits per heavy atom. The Labute approximate surface area is 125 Å². The van der Waals surface area contributed by atoms with Gasteiger partial charge < -0.3 is 10.4 Å². The molecule has 1 amide bonds. The van der Waals surface area contributed by atoms with E-state index in [4.69, 9.17) is 5.11 Å². The summed E-state index contributed by atoms with van der Waals surface area (Å²) in [4.78, 5) is 24.3. The van der Waals surface area contributed by atoms with E-state index in [0.29, 0.717) is 0 Å². The van der Waals surface area contributed by atoms with Crippen molar-refractivity contribution in [3.63, 3.8) is 0 Å². The predicted molar refractivity (Wildman–Crippen MR) is 79.9 cm³/mol. The summed E-state index contributed by atoms with van der Waals surface area (Å²) < 4.78 is 0. The molecule has 0 bridgehead atoms. The number of benzene rings is 1. The lowest BCUT2D eigenvalue weighted by atomic mass is 10.0. The van der Waals surface area contributed by atoms with Gasteiger partial charge in [0, 0.05) is 32.6 Å². The van der Waals surface area contributed by atoms with Crippen molar-refractivity contribution >= 4 is 11.9 Å². The molecule has 5 heteroatoms. The van der Waals surface area contributed by atoms with Crippen molar-refractivity contribution in [2.75, 3.05) is 13.1 Å². The third-order valence-electron chi connectivity index (χ3n) is 3.85. The van der Waals surface area contributed by atoms with Crippen molar-refractivity contribution in [3.8, 4) is 0 Å². The van der Waals surface area contributed by atoms with Crippen LogP contribution in [0.2, 0.25) is 0 Å². The van der Waals surface area contributed by atoms with Gasteiger partial charge in [0.15, 0.2) is 0 Å². The lowest BCUT2D eigenvalue weighted by Gasteiger charge is -2.32. The highest BCUT2D eigenvalue weighted by atomic mass is 16.4. The Bertz CT molecular complexity index is 508. The zero-order chi connectivity index (χ0) is 15.2. The summed E-state index contributed by atoms with van der Waals surface area (Å²) in [7, 11) is 0. The van der Waals surface area contributed by atoms with Crippen LogP contribution in [0.1, 0.15) is 30.9 Å². The van der Waals surface area contributed by atoms with Crippen molar-refractivity contribution in [2.24, 2.45) is 0 Å². The first-order valence-electron chi connectivity index (χ1n) is 7.32. The van der Waals surface area contributed by atoms with Gasteiger partial charge in [-0.3, -0.25) is 14.5 Å². The zero-order valence-corrected chi connectivity index (χ0v) is 12.3. The van der Waals surface area contributed by atoms with Crippen LogP contribution in [-0.4, -0.2) is 41.0 Å². The van der Waals surface area contributed by atoms with Crippen molar-refractivity contribution in [1.29, 1.82) is 0 Å². The summed E-state index contributed by atoms with van der Waals surface area (Å²) in [6.45, 7) is 4.17. The van der Waals surface area contributed by atoms with Crippen molar-refractivity contribution in [2.45, 2.75) is 38.8 Å². The van der Waals surface area contributed by atoms with Crippen LogP contribution >= 0.6 is 0 Å². The molecule has 0 aromatic heterocycles. The monoisotopic (exact) mass is 290 g/mol. The maximum absolute atomic E-state index is 11.1. The van der Waals surface area contributed by atoms with E-state index >= 15 is 0 Å². The summed E-state index contributed by atoms with van der Waals surface area (Å²) in [5.41, 5.74) is 1.96. The number of carbonyl (C=O) groups is 2. The second kappa shape index (κ2) is 7.22. The normalized spacial score (nSPS) is 16.6. The van der Waals surface area contributed by atoms with Gasteiger partial charge >= 0.3 is 5.97 Å². The highest BCUT2D eigenvalue weighted by molar-refractivity contribution is 5.73. The van der Waals surface area contributed by atoms with E-state index in [1.807, 2.05) is 24.3 Å². The van der Waals surface area contributed by atoms with E-state index < -0.39 is 5.97 Å². The van der Waals surface area contributed by atoms with Crippen LogP contribution in [0.4, 0.5) is 0 Å². The van der Waals surface area contributed by atoms with Gasteiger partial charge in [0.1, 0.15) is 0 Å². The topological polar surface area (TPSA) is 69.6 Å². The quantitative estimate of drug-likeness (QED) is 0.860. The number of rotatable bonds is 5. The molecule has 0 aliphatic carbocycles. The number of aliphatic carboxylic acids is 1. The SMILES string of the molecule is CC(=O)NC1CCN(Cc2ccccc2CC(=O)O)CC1. The van der Waals surface area contributed by atoms with E-state index in [1.165, 1.54) is 0 Å². The fourth-order valence-electron chi connectivity index (χ4n) is 2.81. The number of hydrogen-bond acceptors (Lipinski definition) is 3. The van der Waals surface area contributed by atoms with Crippen LogP contribution in [0, 0.1) is 0 Å². The van der Waals surface area contributed by atoms with Crippen molar-refractivity contribution in [1.82, 2.24) is 10.2 Å². The number of nitrogens with one attached hydrogen (secondary N) is 1. The number of hydrogen-bond donors (Lipinski definition) is 2. The summed E-state index contributed by atoms with van der Waals surface area (Å²) >= 11 is 0. The minimum Gasteiger partial charge on any atom is -0.481 e. The van der Waals surface area contributed by atoms with E-state index in [-0.39, 0.29) is 18.4 Å². The van der Waals surface area contributed by atoms with Crippen LogP contribution in [0.5, 0.6) is 0 Å². The highest BCUT2D eigenvalue weighted by Crippen LogP contribution is 2.17. The Kier molecular flexibility index (Phi) is 5.33. The number of nitrogens with zero attached hydrogens (tertiary/aromatic N) is 1. The summed E-state index contributed by atoms with van der Waals surface area (Å²) in [5, 5.41) is 11.9. The molecule has 0 unspecified atom stereocenters. The largest absolute Gasteiger partial charge is 0.481 e. The molecule has 21 heavy (non-hydrogen) atoms. The first-order valence-corrected chi connectivity index (χ1v) is 7.32. The second-order valence-corrected chi connectivity index (χ2v) is 5.59. The van der Waals surface area contributed by atoms with Gasteiger partial charge in [-0.15, -0.1) is 0 Å². The van der Waals surface area contributed by atoms with Crippen LogP contribution in [0.25, 0.3) is 0 Å². The molecule has 0 atom stereocenters. The Morgan fingerprint density at radius 3 is 2.43 bits per heavy atom. The Balaban J connectivity index is 1.91. The maximum atomic E-state index is 11.1. The van der Waals surface area contributed by atoms with E-state index in [2.05, 4.69) is 10.2 Å². The molecule has 5 nitrogen and oxygen atoms in total. The van der Waals surface area contributed by atoms with Gasteiger partial charge in [-0.2, -0.15) is 0 Å². The molecule has 1 aliphatic rings. The van der Waals surface area contributed by atoms with E-state index in [1.54, 1.807) is 6.92 Å². The lowest BCUT2D eigenvalue weighted by molar-refractivity contribution is -0.136. The molecule has 0 radical (unpaired) electrons. The van der Waals surface area contributed by atoms with Crippen LogP contribution in [-0.2, 0) is 22.6 Å². The average Bonchev–Trinajstić information content (AvgIpc) is 2.42. The predicted octanol–water partition coefficient (Wildman–Crippen LogP) is 1.41. The number of likely N-dealkylation sites (tertiary alicyclic amines) is 1. The van der Waals surface area contributed by atoms with Gasteiger partial charge in [0.25, 0.3) is 0 Å². The molecular formula is C16H22N2O3. The summed E-state index contributed by atoms with van der Waals surface area (Å²) in [6, 6.07) is 7.98. The third-order valence-corrected chi connectivity index (χ3v) is 3.85. The fraction of sp³-hybridized carbons (Fsp3) is 0.500. The number of carboxylic acid groups (broad SMARTS) is 1. The van der Waals surface area contributed by atoms with Gasteiger partial charge in [0.2, 0.25) is 5.91 Å². The first-order chi connectivity index (χ1) is 10.0. The number of carboxylic acids is 1. The average molecular weight is 290 g/mol. The number of piperidine rings is 1. The fourth-order valence-corrected chi connectivity index (χ4v) is 2.81. The van der Waals surface area contributed by atoms with Gasteiger partial charge in [-0.05, 0) is 24.0 Å². The molecular weight excluding hydrogens is 268 g/mol. The van der Waals surface area contributed by atoms with E-state index in [9.17, 15) is 9.59 Å². The molecule has 1 saturated heterocycles. The van der Waals surface area contributed by atoms with Crippen molar-refractivity contribution < 1.29 is 14.7 Å². The minimum absolute atomic E-state index is 0.0280.